The van der Waals surface area contributed by atoms with Crippen LogP contribution >= 0.6 is 0 Å². The summed E-state index contributed by atoms with van der Waals surface area (Å²) in [6, 6.07) is 4.87. The summed E-state index contributed by atoms with van der Waals surface area (Å²) in [6.07, 6.45) is 1.14. The van der Waals surface area contributed by atoms with E-state index >= 15 is 0 Å². The van der Waals surface area contributed by atoms with E-state index in [0.29, 0.717) is 30.0 Å². The van der Waals surface area contributed by atoms with Gasteiger partial charge in [0.05, 0.1) is 11.7 Å². The van der Waals surface area contributed by atoms with Crippen molar-refractivity contribution in [1.29, 1.82) is 0 Å². The van der Waals surface area contributed by atoms with Crippen molar-refractivity contribution in [3.05, 3.63) is 23.8 Å². The second-order valence-electron chi connectivity index (χ2n) is 4.39. The van der Waals surface area contributed by atoms with E-state index in [9.17, 15) is 9.90 Å². The zero-order valence-electron chi connectivity index (χ0n) is 9.60. The number of nitrogen functional groups attached to an aromatic ring is 2. The van der Waals surface area contributed by atoms with Crippen molar-refractivity contribution in [2.45, 2.75) is 18.9 Å². The zero-order valence-corrected chi connectivity index (χ0v) is 9.60. The van der Waals surface area contributed by atoms with E-state index in [2.05, 4.69) is 0 Å². The van der Waals surface area contributed by atoms with Gasteiger partial charge in [-0.2, -0.15) is 0 Å². The van der Waals surface area contributed by atoms with Gasteiger partial charge >= 0.3 is 0 Å². The first-order valence-corrected chi connectivity index (χ1v) is 5.70. The van der Waals surface area contributed by atoms with Crippen LogP contribution in [-0.2, 0) is 0 Å². The third kappa shape index (κ3) is 2.50. The Kier molecular flexibility index (Phi) is 3.19. The Balaban J connectivity index is 2.18. The van der Waals surface area contributed by atoms with Gasteiger partial charge in [-0.05, 0) is 31.0 Å². The van der Waals surface area contributed by atoms with E-state index < -0.39 is 6.10 Å². The number of rotatable bonds is 1. The van der Waals surface area contributed by atoms with Crippen molar-refractivity contribution >= 4 is 17.3 Å². The van der Waals surface area contributed by atoms with E-state index in [1.165, 1.54) is 0 Å². The molecule has 1 atom stereocenters. The van der Waals surface area contributed by atoms with Crippen LogP contribution in [0.4, 0.5) is 11.4 Å². The monoisotopic (exact) mass is 235 g/mol. The lowest BCUT2D eigenvalue weighted by atomic mass is 10.1. The van der Waals surface area contributed by atoms with Gasteiger partial charge in [0.2, 0.25) is 0 Å². The minimum atomic E-state index is -0.428. The molecule has 0 spiro atoms. The average molecular weight is 235 g/mol. The highest BCUT2D eigenvalue weighted by molar-refractivity contribution is 5.99. The van der Waals surface area contributed by atoms with Crippen molar-refractivity contribution < 1.29 is 9.90 Å². The van der Waals surface area contributed by atoms with E-state index in [1.54, 1.807) is 23.1 Å². The van der Waals surface area contributed by atoms with Gasteiger partial charge in [0.1, 0.15) is 0 Å². The molecule has 1 aliphatic rings. The normalized spacial score (nSPS) is 20.3. The Labute approximate surface area is 100 Å². The summed E-state index contributed by atoms with van der Waals surface area (Å²) in [5, 5.41) is 9.54. The Hall–Kier alpha value is -1.75. The zero-order chi connectivity index (χ0) is 12.4. The number of nitrogens with zero attached hydrogens (tertiary/aromatic N) is 1. The van der Waals surface area contributed by atoms with Crippen molar-refractivity contribution in [3.8, 4) is 0 Å². The molecule has 1 aromatic carbocycles. The predicted octanol–water partition coefficient (Wildman–Crippen LogP) is 0.448. The van der Waals surface area contributed by atoms with Crippen LogP contribution in [0.5, 0.6) is 0 Å². The summed E-state index contributed by atoms with van der Waals surface area (Å²) >= 11 is 0. The number of hydrogen-bond donors (Lipinski definition) is 3. The second kappa shape index (κ2) is 4.63. The maximum atomic E-state index is 12.2. The molecule has 0 saturated carbocycles. The molecular formula is C12H17N3O2. The quantitative estimate of drug-likeness (QED) is 0.616. The van der Waals surface area contributed by atoms with Crippen molar-refractivity contribution in [3.63, 3.8) is 0 Å². The smallest absolute Gasteiger partial charge is 0.256 e. The SMILES string of the molecule is Nc1ccc(C(=O)N2CCC[C@H](O)C2)c(N)c1. The second-order valence-corrected chi connectivity index (χ2v) is 4.39. The highest BCUT2D eigenvalue weighted by Crippen LogP contribution is 2.20. The summed E-state index contributed by atoms with van der Waals surface area (Å²) in [5.41, 5.74) is 12.7. The third-order valence-electron chi connectivity index (χ3n) is 2.99. The molecule has 0 aliphatic carbocycles. The van der Waals surface area contributed by atoms with Crippen molar-refractivity contribution in [1.82, 2.24) is 4.90 Å². The fraction of sp³-hybridized carbons (Fsp3) is 0.417. The van der Waals surface area contributed by atoms with E-state index in [0.717, 1.165) is 12.8 Å². The molecule has 0 radical (unpaired) electrons. The largest absolute Gasteiger partial charge is 0.399 e. The molecular weight excluding hydrogens is 218 g/mol. The number of likely N-dealkylation sites (tertiary alicyclic amines) is 1. The number of amides is 1. The molecule has 0 aromatic heterocycles. The summed E-state index contributed by atoms with van der Waals surface area (Å²) in [5.74, 6) is -0.138. The number of aliphatic hydroxyl groups excluding tert-OH is 1. The summed E-state index contributed by atoms with van der Waals surface area (Å²) in [6.45, 7) is 1.04. The van der Waals surface area contributed by atoms with Gasteiger partial charge in [-0.25, -0.2) is 0 Å². The lowest BCUT2D eigenvalue weighted by molar-refractivity contribution is 0.0474. The van der Waals surface area contributed by atoms with Crippen LogP contribution in [0.1, 0.15) is 23.2 Å². The van der Waals surface area contributed by atoms with E-state index in [4.69, 9.17) is 11.5 Å². The summed E-state index contributed by atoms with van der Waals surface area (Å²) in [4.78, 5) is 13.8. The van der Waals surface area contributed by atoms with Crippen LogP contribution < -0.4 is 11.5 Å². The number of hydrogen-bond acceptors (Lipinski definition) is 4. The fourth-order valence-electron chi connectivity index (χ4n) is 2.09. The summed E-state index contributed by atoms with van der Waals surface area (Å²) < 4.78 is 0. The van der Waals surface area contributed by atoms with E-state index in [-0.39, 0.29) is 5.91 Å². The molecule has 17 heavy (non-hydrogen) atoms. The number of aliphatic hydroxyl groups is 1. The highest BCUT2D eigenvalue weighted by Gasteiger charge is 2.24. The highest BCUT2D eigenvalue weighted by atomic mass is 16.3. The Morgan fingerprint density at radius 2 is 2.18 bits per heavy atom. The van der Waals surface area contributed by atoms with Crippen LogP contribution in [0.15, 0.2) is 18.2 Å². The first kappa shape index (κ1) is 11.7. The minimum Gasteiger partial charge on any atom is -0.399 e. The molecule has 1 heterocycles. The molecule has 1 saturated heterocycles. The molecule has 0 bridgehead atoms. The predicted molar refractivity (Wildman–Crippen MR) is 66.4 cm³/mol. The van der Waals surface area contributed by atoms with Gasteiger partial charge in [0.15, 0.2) is 0 Å². The number of piperidine rings is 1. The van der Waals surface area contributed by atoms with Gasteiger partial charge in [-0.3, -0.25) is 4.79 Å². The van der Waals surface area contributed by atoms with Crippen LogP contribution in [0, 0.1) is 0 Å². The Bertz CT molecular complexity index is 434. The average Bonchev–Trinajstić information content (AvgIpc) is 2.28. The van der Waals surface area contributed by atoms with Crippen molar-refractivity contribution in [2.24, 2.45) is 0 Å². The first-order valence-electron chi connectivity index (χ1n) is 5.70. The minimum absolute atomic E-state index is 0.138. The van der Waals surface area contributed by atoms with Gasteiger partial charge < -0.3 is 21.5 Å². The third-order valence-corrected chi connectivity index (χ3v) is 2.99. The fourth-order valence-corrected chi connectivity index (χ4v) is 2.09. The molecule has 5 N–H and O–H groups in total. The molecule has 1 aromatic rings. The molecule has 1 fully saturated rings. The van der Waals surface area contributed by atoms with Crippen LogP contribution in [-0.4, -0.2) is 35.1 Å². The molecule has 5 nitrogen and oxygen atoms in total. The number of benzene rings is 1. The Morgan fingerprint density at radius 3 is 2.82 bits per heavy atom. The molecule has 2 rings (SSSR count). The van der Waals surface area contributed by atoms with Crippen LogP contribution in [0.2, 0.25) is 0 Å². The lowest BCUT2D eigenvalue weighted by Gasteiger charge is -2.30. The van der Waals surface area contributed by atoms with Crippen LogP contribution in [0.25, 0.3) is 0 Å². The molecule has 1 amide bonds. The number of carbonyl (C=O) groups excluding carboxylic acids is 1. The van der Waals surface area contributed by atoms with Gasteiger partial charge in [-0.15, -0.1) is 0 Å². The maximum Gasteiger partial charge on any atom is 0.256 e. The summed E-state index contributed by atoms with van der Waals surface area (Å²) in [7, 11) is 0. The maximum absolute atomic E-state index is 12.2. The molecule has 92 valence electrons. The number of β-amino-alcohol motifs (C(OH)–C–C–N with tert-alkyl or cyclic N) is 1. The van der Waals surface area contributed by atoms with Gasteiger partial charge in [-0.1, -0.05) is 0 Å². The van der Waals surface area contributed by atoms with Crippen molar-refractivity contribution in [2.75, 3.05) is 24.6 Å². The Morgan fingerprint density at radius 1 is 1.41 bits per heavy atom. The van der Waals surface area contributed by atoms with E-state index in [1.807, 2.05) is 0 Å². The molecule has 0 unspecified atom stereocenters. The lowest BCUT2D eigenvalue weighted by Crippen LogP contribution is -2.42. The number of nitrogens with two attached hydrogens (primary N) is 2. The van der Waals surface area contributed by atoms with Crippen LogP contribution in [0.3, 0.4) is 0 Å². The van der Waals surface area contributed by atoms with Gasteiger partial charge in [0.25, 0.3) is 5.91 Å². The standard InChI is InChI=1S/C12H17N3O2/c13-8-3-4-10(11(14)6-8)12(17)15-5-1-2-9(16)7-15/h3-4,6,9,16H,1-2,5,7,13-14H2/t9-/m0/s1. The van der Waals surface area contributed by atoms with Gasteiger partial charge in [0, 0.05) is 24.5 Å². The number of carbonyl (C=O) groups is 1. The first-order chi connectivity index (χ1) is 8.08. The molecule has 5 heteroatoms. The number of anilines is 2. The topological polar surface area (TPSA) is 92.6 Å². The molecule has 1 aliphatic heterocycles.